The summed E-state index contributed by atoms with van der Waals surface area (Å²) < 4.78 is 81.3. The van der Waals surface area contributed by atoms with Crippen molar-refractivity contribution in [3.8, 4) is 0 Å². The van der Waals surface area contributed by atoms with Gasteiger partial charge in [-0.25, -0.2) is 0 Å². The van der Waals surface area contributed by atoms with Crippen LogP contribution in [-0.2, 0) is 23.7 Å². The molecule has 0 radical (unpaired) electrons. The third kappa shape index (κ3) is 8.52. The predicted octanol–water partition coefficient (Wildman–Crippen LogP) is 8.25. The molecule has 1 fully saturated rings. The Bertz CT molecular complexity index is 1530. The fraction of sp³-hybridized carbons (Fsp3) is 0.382. The van der Waals surface area contributed by atoms with Gasteiger partial charge in [-0.05, 0) is 92.5 Å². The summed E-state index contributed by atoms with van der Waals surface area (Å²) in [5.41, 5.74) is -1.66. The van der Waals surface area contributed by atoms with Gasteiger partial charge in [0.25, 0.3) is 5.91 Å². The van der Waals surface area contributed by atoms with Crippen molar-refractivity contribution in [1.82, 2.24) is 10.2 Å². The molecule has 12 heteroatoms. The van der Waals surface area contributed by atoms with Crippen LogP contribution >= 0.6 is 11.8 Å². The molecule has 0 spiro atoms. The minimum absolute atomic E-state index is 0.0852. The molecule has 2 aliphatic rings. The van der Waals surface area contributed by atoms with E-state index < -0.39 is 47.7 Å². The summed E-state index contributed by atoms with van der Waals surface area (Å²) in [4.78, 5) is 18.1. The summed E-state index contributed by atoms with van der Waals surface area (Å²) in [7, 11) is 0. The van der Waals surface area contributed by atoms with Gasteiger partial charge >= 0.3 is 12.4 Å². The van der Waals surface area contributed by atoms with E-state index in [0.717, 1.165) is 48.8 Å². The summed E-state index contributed by atoms with van der Waals surface area (Å²) in [6.07, 6.45) is -3.34. The zero-order valence-corrected chi connectivity index (χ0v) is 25.8. The maximum Gasteiger partial charge on any atom is 0.416 e. The highest BCUT2D eigenvalue weighted by Gasteiger charge is 2.39. The van der Waals surface area contributed by atoms with E-state index in [4.69, 9.17) is 0 Å². The number of fused-ring (bicyclic) bond motifs is 1. The molecule has 5 nitrogen and oxygen atoms in total. The zero-order chi connectivity index (χ0) is 32.9. The quantitative estimate of drug-likeness (QED) is 0.105. The van der Waals surface area contributed by atoms with Crippen LogP contribution in [0.3, 0.4) is 0 Å². The smallest absolute Gasteiger partial charge is 0.374 e. The predicted molar refractivity (Wildman–Crippen MR) is 167 cm³/mol. The van der Waals surface area contributed by atoms with Crippen LogP contribution in [0.5, 0.6) is 0 Å². The average molecular weight is 664 g/mol. The minimum Gasteiger partial charge on any atom is -0.374 e. The van der Waals surface area contributed by atoms with Crippen molar-refractivity contribution in [1.29, 1.82) is 0 Å². The molecule has 0 bridgehead atoms. The lowest BCUT2D eigenvalue weighted by atomic mass is 10.0. The molecular formula is C34H35F6N3O2S. The topological polar surface area (TPSA) is 55.8 Å². The fourth-order valence-corrected chi connectivity index (χ4v) is 6.75. The summed E-state index contributed by atoms with van der Waals surface area (Å²) in [5, 5.41) is 13.8. The van der Waals surface area contributed by atoms with Crippen molar-refractivity contribution in [3.05, 3.63) is 99.5 Å². The summed E-state index contributed by atoms with van der Waals surface area (Å²) >= 11 is 1.16. The molecule has 3 aromatic rings. The van der Waals surface area contributed by atoms with Crippen molar-refractivity contribution in [3.63, 3.8) is 0 Å². The van der Waals surface area contributed by atoms with E-state index in [1.807, 2.05) is 0 Å². The second-order valence-corrected chi connectivity index (χ2v) is 12.6. The molecule has 0 aromatic heterocycles. The number of carbonyl (C=O) groups excluding carboxylic acids is 1. The summed E-state index contributed by atoms with van der Waals surface area (Å²) in [6.45, 7) is 3.29. The van der Waals surface area contributed by atoms with Crippen molar-refractivity contribution < 1.29 is 36.2 Å². The molecule has 2 N–H and O–H groups in total. The van der Waals surface area contributed by atoms with E-state index in [-0.39, 0.29) is 11.0 Å². The highest BCUT2D eigenvalue weighted by Crippen LogP contribution is 2.44. The minimum atomic E-state index is -5.06. The lowest BCUT2D eigenvalue weighted by molar-refractivity contribution is -0.143. The number of likely N-dealkylation sites (tertiary alicyclic amines) is 1. The molecule has 1 saturated heterocycles. The zero-order valence-electron chi connectivity index (χ0n) is 25.0. The Morgan fingerprint density at radius 1 is 0.891 bits per heavy atom. The van der Waals surface area contributed by atoms with Crippen LogP contribution in [0.15, 0.2) is 76.5 Å². The second-order valence-electron chi connectivity index (χ2n) is 11.5. The number of nitrogens with one attached hydrogen (secondary N) is 1. The first kappa shape index (κ1) is 34.0. The van der Waals surface area contributed by atoms with E-state index in [9.17, 15) is 36.2 Å². The third-order valence-corrected chi connectivity index (χ3v) is 9.22. The average Bonchev–Trinajstić information content (AvgIpc) is 3.29. The van der Waals surface area contributed by atoms with Crippen LogP contribution in [0, 0.1) is 0 Å². The van der Waals surface area contributed by atoms with E-state index in [0.29, 0.717) is 34.3 Å². The first-order valence-corrected chi connectivity index (χ1v) is 16.0. The summed E-state index contributed by atoms with van der Waals surface area (Å²) in [5.74, 6) is -0.577. The highest BCUT2D eigenvalue weighted by molar-refractivity contribution is 8.04. The number of thioether (sulfide) groups is 1. The van der Waals surface area contributed by atoms with Crippen molar-refractivity contribution in [2.75, 3.05) is 31.1 Å². The lowest BCUT2D eigenvalue weighted by Crippen LogP contribution is -2.34. The number of anilines is 1. The van der Waals surface area contributed by atoms with Gasteiger partial charge in [0.1, 0.15) is 6.23 Å². The van der Waals surface area contributed by atoms with E-state index in [1.165, 1.54) is 25.7 Å². The van der Waals surface area contributed by atoms with Crippen LogP contribution in [-0.4, -0.2) is 42.1 Å². The molecule has 0 saturated carbocycles. The Morgan fingerprint density at radius 3 is 2.26 bits per heavy atom. The van der Waals surface area contributed by atoms with Gasteiger partial charge in [-0.15, -0.1) is 0 Å². The van der Waals surface area contributed by atoms with Gasteiger partial charge in [0, 0.05) is 4.90 Å². The Kier molecular flexibility index (Phi) is 10.8. The second kappa shape index (κ2) is 14.6. The van der Waals surface area contributed by atoms with Crippen molar-refractivity contribution in [2.45, 2.75) is 62.1 Å². The van der Waals surface area contributed by atoms with Crippen LogP contribution < -0.4 is 10.2 Å². The molecule has 1 atom stereocenters. The van der Waals surface area contributed by atoms with Crippen LogP contribution in [0.4, 0.5) is 32.0 Å². The molecule has 2 aliphatic heterocycles. The van der Waals surface area contributed by atoms with Crippen LogP contribution in [0.1, 0.15) is 66.1 Å². The molecule has 1 unspecified atom stereocenters. The van der Waals surface area contributed by atoms with E-state index >= 15 is 0 Å². The van der Waals surface area contributed by atoms with Crippen molar-refractivity contribution in [2.24, 2.45) is 0 Å². The number of rotatable bonds is 9. The highest BCUT2D eigenvalue weighted by atomic mass is 32.2. The Hall–Kier alpha value is -3.32. The number of halogens is 6. The number of hydrogen-bond donors (Lipinski definition) is 2. The maximum atomic E-state index is 13.9. The lowest BCUT2D eigenvalue weighted by Gasteiger charge is -2.31. The molecule has 3 aromatic carbocycles. The molecule has 1 amide bonds. The first-order chi connectivity index (χ1) is 21.9. The molecular weight excluding hydrogens is 628 g/mol. The fourth-order valence-electron chi connectivity index (χ4n) is 5.69. The van der Waals surface area contributed by atoms with Gasteiger partial charge in [-0.3, -0.25) is 10.1 Å². The molecule has 0 aliphatic carbocycles. The third-order valence-electron chi connectivity index (χ3n) is 8.14. The number of aliphatic hydroxyl groups is 1. The standard InChI is InChI=1S/C34H35F6N3O2S/c35-33(36,37)26-15-14-25(27(21-26)34(38,39)40)22-43-28-8-3-4-9-29(28)46-30(32(43)45)20-23-10-12-24(13-11-23)31(44)41-16-7-19-42-17-5-1-2-6-18-42/h3-4,8-15,20-21,31,41,44H,1-2,5-7,16-19,22H2/b30-20-. The van der Waals surface area contributed by atoms with Gasteiger partial charge in [0.05, 0.1) is 28.3 Å². The number of benzene rings is 3. The molecule has 246 valence electrons. The molecule has 46 heavy (non-hydrogen) atoms. The number of para-hydroxylation sites is 1. The normalized spacial score (nSPS) is 18.0. The number of aliphatic hydroxyl groups excluding tert-OH is 1. The maximum absolute atomic E-state index is 13.9. The Balaban J connectivity index is 1.30. The van der Waals surface area contributed by atoms with E-state index in [1.54, 1.807) is 54.6 Å². The van der Waals surface area contributed by atoms with Gasteiger partial charge in [-0.2, -0.15) is 26.3 Å². The first-order valence-electron chi connectivity index (χ1n) is 15.2. The molecule has 5 rings (SSSR count). The van der Waals surface area contributed by atoms with Gasteiger partial charge in [0.2, 0.25) is 0 Å². The van der Waals surface area contributed by atoms with Crippen LogP contribution in [0.25, 0.3) is 6.08 Å². The van der Waals surface area contributed by atoms with Gasteiger partial charge < -0.3 is 14.9 Å². The number of carbonyl (C=O) groups is 1. The largest absolute Gasteiger partial charge is 0.416 e. The van der Waals surface area contributed by atoms with Gasteiger partial charge in [-0.1, -0.05) is 67.1 Å². The monoisotopic (exact) mass is 663 g/mol. The van der Waals surface area contributed by atoms with Gasteiger partial charge in [0.15, 0.2) is 0 Å². The number of hydrogen-bond acceptors (Lipinski definition) is 5. The van der Waals surface area contributed by atoms with E-state index in [2.05, 4.69) is 10.2 Å². The number of amides is 1. The van der Waals surface area contributed by atoms with Crippen LogP contribution in [0.2, 0.25) is 0 Å². The Labute approximate surface area is 268 Å². The SMILES string of the molecule is O=C1/C(=C/c2ccc(C(O)NCCCN3CCCCCC3)cc2)Sc2ccccc2N1Cc1ccc(C(F)(F)F)cc1C(F)(F)F. The number of alkyl halides is 6. The Morgan fingerprint density at radius 2 is 1.59 bits per heavy atom. The number of nitrogens with zero attached hydrogens (tertiary/aromatic N) is 2. The summed E-state index contributed by atoms with van der Waals surface area (Å²) in [6, 6.07) is 15.1. The molecule has 2 heterocycles. The van der Waals surface area contributed by atoms with Crippen molar-refractivity contribution >= 4 is 29.4 Å².